The Balaban J connectivity index is 1.59. The highest BCUT2D eigenvalue weighted by molar-refractivity contribution is 5.77. The van der Waals surface area contributed by atoms with Crippen molar-refractivity contribution in [2.75, 3.05) is 18.9 Å². The fraction of sp³-hybridized carbons (Fsp3) is 0.444. The number of likely N-dealkylation sites (tertiary alicyclic amines) is 1. The lowest BCUT2D eigenvalue weighted by molar-refractivity contribution is -0.137. The van der Waals surface area contributed by atoms with E-state index >= 15 is 0 Å². The average molecular weight is 353 g/mol. The Hall–Kier alpha value is -2.90. The lowest BCUT2D eigenvalue weighted by Crippen LogP contribution is -2.43. The number of aryl methyl sites for hydroxylation is 2. The molecule has 0 saturated carbocycles. The van der Waals surface area contributed by atoms with Gasteiger partial charge in [0.2, 0.25) is 5.91 Å². The Morgan fingerprint density at radius 3 is 2.81 bits per heavy atom. The third kappa shape index (κ3) is 2.81. The highest BCUT2D eigenvalue weighted by atomic mass is 16.2. The minimum atomic E-state index is -0.0462. The van der Waals surface area contributed by atoms with Crippen LogP contribution in [0, 0.1) is 12.8 Å². The standard InChI is InChI=1S/C18H23N7O/c1-12-10-14-17(19-7-9-25(14)22-12)21-11-13-4-5-15(26)24(3)16(13)18-20-6-8-23(18)2/h6-10,13,16H,4-5,11H2,1-3H3,(H,19,21)/t13-,16+/m1/s1. The summed E-state index contributed by atoms with van der Waals surface area (Å²) in [5, 5.41) is 7.90. The second kappa shape index (κ2) is 6.44. The molecule has 26 heavy (non-hydrogen) atoms. The molecule has 8 nitrogen and oxygen atoms in total. The largest absolute Gasteiger partial charge is 0.368 e. The molecule has 8 heteroatoms. The van der Waals surface area contributed by atoms with E-state index in [-0.39, 0.29) is 17.9 Å². The molecule has 3 aromatic rings. The summed E-state index contributed by atoms with van der Waals surface area (Å²) in [4.78, 5) is 23.0. The van der Waals surface area contributed by atoms with Crippen LogP contribution in [0.15, 0.2) is 30.9 Å². The molecule has 4 heterocycles. The van der Waals surface area contributed by atoms with E-state index in [1.54, 1.807) is 12.4 Å². The van der Waals surface area contributed by atoms with Crippen molar-refractivity contribution in [3.05, 3.63) is 42.4 Å². The first-order chi connectivity index (χ1) is 12.5. The van der Waals surface area contributed by atoms with E-state index in [1.165, 1.54) is 0 Å². The molecule has 0 spiro atoms. The van der Waals surface area contributed by atoms with Crippen molar-refractivity contribution in [3.63, 3.8) is 0 Å². The van der Waals surface area contributed by atoms with Crippen molar-refractivity contribution in [2.45, 2.75) is 25.8 Å². The first-order valence-corrected chi connectivity index (χ1v) is 8.82. The predicted molar refractivity (Wildman–Crippen MR) is 97.7 cm³/mol. The Kier molecular flexibility index (Phi) is 4.10. The van der Waals surface area contributed by atoms with Crippen molar-refractivity contribution in [1.82, 2.24) is 29.0 Å². The summed E-state index contributed by atoms with van der Waals surface area (Å²) in [5.41, 5.74) is 1.91. The van der Waals surface area contributed by atoms with Crippen LogP contribution >= 0.6 is 0 Å². The topological polar surface area (TPSA) is 80.4 Å². The third-order valence-electron chi connectivity index (χ3n) is 5.15. The van der Waals surface area contributed by atoms with Gasteiger partial charge in [0.15, 0.2) is 5.82 Å². The Morgan fingerprint density at radius 2 is 2.04 bits per heavy atom. The summed E-state index contributed by atoms with van der Waals surface area (Å²) in [6.45, 7) is 2.68. The molecule has 2 atom stereocenters. The van der Waals surface area contributed by atoms with E-state index in [1.807, 2.05) is 53.5 Å². The number of amides is 1. The van der Waals surface area contributed by atoms with E-state index in [9.17, 15) is 4.79 Å². The summed E-state index contributed by atoms with van der Waals surface area (Å²) >= 11 is 0. The Bertz CT molecular complexity index is 944. The highest BCUT2D eigenvalue weighted by Gasteiger charge is 2.36. The molecule has 1 saturated heterocycles. The molecule has 0 radical (unpaired) electrons. The molecule has 0 aromatic carbocycles. The maximum absolute atomic E-state index is 12.3. The minimum absolute atomic E-state index is 0.0462. The smallest absolute Gasteiger partial charge is 0.222 e. The van der Waals surface area contributed by atoms with Crippen molar-refractivity contribution < 1.29 is 4.79 Å². The van der Waals surface area contributed by atoms with Gasteiger partial charge in [-0.15, -0.1) is 0 Å². The molecule has 0 bridgehead atoms. The van der Waals surface area contributed by atoms with Crippen molar-refractivity contribution >= 4 is 17.2 Å². The van der Waals surface area contributed by atoms with Gasteiger partial charge in [-0.1, -0.05) is 0 Å². The highest BCUT2D eigenvalue weighted by Crippen LogP contribution is 2.35. The Morgan fingerprint density at radius 1 is 1.23 bits per heavy atom. The number of anilines is 1. The second-order valence-electron chi connectivity index (χ2n) is 6.92. The molecule has 0 unspecified atom stereocenters. The molecule has 1 aliphatic rings. The quantitative estimate of drug-likeness (QED) is 0.773. The number of rotatable bonds is 4. The van der Waals surface area contributed by atoms with Gasteiger partial charge in [0, 0.05) is 57.8 Å². The number of aromatic nitrogens is 5. The molecule has 136 valence electrons. The zero-order chi connectivity index (χ0) is 18.3. The molecular formula is C18H23N7O. The number of carbonyl (C=O) groups excluding carboxylic acids is 1. The van der Waals surface area contributed by atoms with Gasteiger partial charge in [-0.05, 0) is 19.4 Å². The molecule has 4 rings (SSSR count). The number of piperidine rings is 1. The van der Waals surface area contributed by atoms with Crippen LogP contribution in [0.2, 0.25) is 0 Å². The van der Waals surface area contributed by atoms with Crippen LogP contribution in [0.1, 0.15) is 30.4 Å². The van der Waals surface area contributed by atoms with E-state index in [2.05, 4.69) is 20.4 Å². The molecule has 1 fully saturated rings. The summed E-state index contributed by atoms with van der Waals surface area (Å²) < 4.78 is 3.82. The average Bonchev–Trinajstić information content (AvgIpc) is 3.21. The van der Waals surface area contributed by atoms with Gasteiger partial charge < -0.3 is 14.8 Å². The maximum Gasteiger partial charge on any atom is 0.222 e. The van der Waals surface area contributed by atoms with E-state index < -0.39 is 0 Å². The fourth-order valence-electron chi connectivity index (χ4n) is 3.78. The van der Waals surface area contributed by atoms with Gasteiger partial charge >= 0.3 is 0 Å². The van der Waals surface area contributed by atoms with E-state index in [0.717, 1.165) is 29.3 Å². The molecular weight excluding hydrogens is 330 g/mol. The van der Waals surface area contributed by atoms with Gasteiger partial charge in [0.1, 0.15) is 11.3 Å². The molecule has 3 aromatic heterocycles. The molecule has 1 N–H and O–H groups in total. The number of hydrogen-bond acceptors (Lipinski definition) is 5. The van der Waals surface area contributed by atoms with Gasteiger partial charge in [-0.25, -0.2) is 14.5 Å². The Labute approximate surface area is 151 Å². The van der Waals surface area contributed by atoms with E-state index in [0.29, 0.717) is 13.0 Å². The van der Waals surface area contributed by atoms with Gasteiger partial charge in [-0.3, -0.25) is 4.79 Å². The SMILES string of the molecule is Cc1cc2c(NC[C@H]3CCC(=O)N(C)[C@@H]3c3nccn3C)nccn2n1. The normalized spacial score (nSPS) is 20.7. The lowest BCUT2D eigenvalue weighted by Gasteiger charge is -2.38. The summed E-state index contributed by atoms with van der Waals surface area (Å²) in [6.07, 6.45) is 8.68. The third-order valence-corrected chi connectivity index (χ3v) is 5.15. The zero-order valence-electron chi connectivity index (χ0n) is 15.3. The lowest BCUT2D eigenvalue weighted by atomic mass is 9.88. The van der Waals surface area contributed by atoms with Crippen LogP contribution in [0.5, 0.6) is 0 Å². The van der Waals surface area contributed by atoms with Crippen LogP contribution < -0.4 is 5.32 Å². The first kappa shape index (κ1) is 16.6. The van der Waals surface area contributed by atoms with Crippen LogP contribution in [-0.2, 0) is 11.8 Å². The fourth-order valence-corrected chi connectivity index (χ4v) is 3.78. The number of nitrogens with zero attached hydrogens (tertiary/aromatic N) is 6. The number of nitrogens with one attached hydrogen (secondary N) is 1. The molecule has 1 aliphatic heterocycles. The van der Waals surface area contributed by atoms with Crippen molar-refractivity contribution in [1.29, 1.82) is 0 Å². The van der Waals surface area contributed by atoms with Crippen LogP contribution in [0.3, 0.4) is 0 Å². The zero-order valence-corrected chi connectivity index (χ0v) is 15.3. The van der Waals surface area contributed by atoms with Crippen LogP contribution in [0.4, 0.5) is 5.82 Å². The molecule has 1 amide bonds. The number of carbonyl (C=O) groups is 1. The second-order valence-corrected chi connectivity index (χ2v) is 6.92. The number of imidazole rings is 1. The summed E-state index contributed by atoms with van der Waals surface area (Å²) in [5.74, 6) is 2.15. The first-order valence-electron chi connectivity index (χ1n) is 8.82. The number of hydrogen-bond donors (Lipinski definition) is 1. The summed E-state index contributed by atoms with van der Waals surface area (Å²) in [6, 6.07) is 1.97. The van der Waals surface area contributed by atoms with Gasteiger partial charge in [-0.2, -0.15) is 5.10 Å². The van der Waals surface area contributed by atoms with Crippen LogP contribution in [0.25, 0.3) is 5.52 Å². The monoisotopic (exact) mass is 353 g/mol. The van der Waals surface area contributed by atoms with E-state index in [4.69, 9.17) is 0 Å². The maximum atomic E-state index is 12.3. The van der Waals surface area contributed by atoms with Crippen molar-refractivity contribution in [3.8, 4) is 0 Å². The van der Waals surface area contributed by atoms with Gasteiger partial charge in [0.05, 0.1) is 11.7 Å². The summed E-state index contributed by atoms with van der Waals surface area (Å²) in [7, 11) is 3.84. The molecule has 0 aliphatic carbocycles. The predicted octanol–water partition coefficient (Wildman–Crippen LogP) is 1.79. The van der Waals surface area contributed by atoms with Gasteiger partial charge in [0.25, 0.3) is 0 Å². The number of fused-ring (bicyclic) bond motifs is 1. The van der Waals surface area contributed by atoms with Crippen LogP contribution in [-0.4, -0.2) is 48.5 Å². The minimum Gasteiger partial charge on any atom is -0.368 e. The van der Waals surface area contributed by atoms with Crippen molar-refractivity contribution in [2.24, 2.45) is 13.0 Å².